The second-order valence-corrected chi connectivity index (χ2v) is 5.21. The Morgan fingerprint density at radius 3 is 2.18 bits per heavy atom. The Labute approximate surface area is 131 Å². The van der Waals surface area contributed by atoms with Crippen molar-refractivity contribution in [1.29, 1.82) is 0 Å². The molecule has 2 aromatic carbocycles. The molecule has 4 nitrogen and oxygen atoms in total. The molecule has 2 aromatic rings. The second kappa shape index (κ2) is 6.98. The highest BCUT2D eigenvalue weighted by Crippen LogP contribution is 2.22. The van der Waals surface area contributed by atoms with Crippen molar-refractivity contribution in [2.75, 3.05) is 14.2 Å². The Balaban J connectivity index is 2.12. The molecule has 0 aromatic heterocycles. The summed E-state index contributed by atoms with van der Waals surface area (Å²) in [7, 11) is 3.12. The van der Waals surface area contributed by atoms with Crippen LogP contribution in [0, 0.1) is 13.8 Å². The smallest absolute Gasteiger partial charge is 0.251 e. The summed E-state index contributed by atoms with van der Waals surface area (Å²) in [5.41, 5.74) is 4.00. The lowest BCUT2D eigenvalue weighted by atomic mass is 10.1. The van der Waals surface area contributed by atoms with Crippen molar-refractivity contribution < 1.29 is 14.3 Å². The van der Waals surface area contributed by atoms with E-state index >= 15 is 0 Å². The number of hydrogen-bond donors (Lipinski definition) is 1. The number of carbonyl (C=O) groups is 1. The van der Waals surface area contributed by atoms with Crippen LogP contribution in [0.25, 0.3) is 0 Å². The van der Waals surface area contributed by atoms with Crippen LogP contribution in [0.4, 0.5) is 0 Å². The van der Waals surface area contributed by atoms with Crippen molar-refractivity contribution in [1.82, 2.24) is 5.32 Å². The van der Waals surface area contributed by atoms with Crippen LogP contribution in [0.5, 0.6) is 11.5 Å². The lowest BCUT2D eigenvalue weighted by Gasteiger charge is -2.11. The van der Waals surface area contributed by atoms with Crippen LogP contribution in [-0.2, 0) is 6.54 Å². The number of benzene rings is 2. The SMILES string of the molecule is COc1cc(OC)cc(C(=O)NCc2ccc(C)cc2C)c1. The van der Waals surface area contributed by atoms with Crippen LogP contribution in [0.1, 0.15) is 27.0 Å². The van der Waals surface area contributed by atoms with Crippen LogP contribution in [-0.4, -0.2) is 20.1 Å². The third-order valence-corrected chi connectivity index (χ3v) is 3.55. The molecule has 116 valence electrons. The number of aryl methyl sites for hydroxylation is 2. The maximum Gasteiger partial charge on any atom is 0.251 e. The van der Waals surface area contributed by atoms with Crippen LogP contribution < -0.4 is 14.8 Å². The molecule has 0 aliphatic carbocycles. The molecule has 0 unspecified atom stereocenters. The number of methoxy groups -OCH3 is 2. The number of carbonyl (C=O) groups excluding carboxylic acids is 1. The topological polar surface area (TPSA) is 47.6 Å². The summed E-state index contributed by atoms with van der Waals surface area (Å²) in [5, 5.41) is 2.93. The highest BCUT2D eigenvalue weighted by atomic mass is 16.5. The minimum Gasteiger partial charge on any atom is -0.497 e. The minimum absolute atomic E-state index is 0.155. The van der Waals surface area contributed by atoms with Gasteiger partial charge in [0.05, 0.1) is 14.2 Å². The van der Waals surface area contributed by atoms with E-state index in [4.69, 9.17) is 9.47 Å². The molecular weight excluding hydrogens is 278 g/mol. The summed E-state index contributed by atoms with van der Waals surface area (Å²) in [6.07, 6.45) is 0. The van der Waals surface area contributed by atoms with Crippen molar-refractivity contribution in [2.45, 2.75) is 20.4 Å². The number of nitrogens with one attached hydrogen (secondary N) is 1. The minimum atomic E-state index is -0.155. The van der Waals surface area contributed by atoms with Gasteiger partial charge in [-0.2, -0.15) is 0 Å². The Hall–Kier alpha value is -2.49. The van der Waals surface area contributed by atoms with Crippen LogP contribution in [0.3, 0.4) is 0 Å². The lowest BCUT2D eigenvalue weighted by molar-refractivity contribution is 0.0950. The fourth-order valence-corrected chi connectivity index (χ4v) is 2.26. The predicted molar refractivity (Wildman–Crippen MR) is 86.6 cm³/mol. The zero-order chi connectivity index (χ0) is 16.1. The van der Waals surface area contributed by atoms with E-state index in [1.165, 1.54) is 11.1 Å². The fourth-order valence-electron chi connectivity index (χ4n) is 2.26. The van der Waals surface area contributed by atoms with Gasteiger partial charge in [-0.05, 0) is 37.1 Å². The highest BCUT2D eigenvalue weighted by molar-refractivity contribution is 5.95. The summed E-state index contributed by atoms with van der Waals surface area (Å²) in [6.45, 7) is 4.59. The summed E-state index contributed by atoms with van der Waals surface area (Å²) < 4.78 is 10.4. The monoisotopic (exact) mass is 299 g/mol. The molecule has 0 heterocycles. The van der Waals surface area contributed by atoms with Gasteiger partial charge >= 0.3 is 0 Å². The van der Waals surface area contributed by atoms with Crippen molar-refractivity contribution in [3.05, 3.63) is 58.7 Å². The molecule has 0 saturated carbocycles. The van der Waals surface area contributed by atoms with E-state index in [1.807, 2.05) is 19.1 Å². The van der Waals surface area contributed by atoms with E-state index in [1.54, 1.807) is 32.4 Å². The zero-order valence-electron chi connectivity index (χ0n) is 13.4. The van der Waals surface area contributed by atoms with Crippen molar-refractivity contribution in [2.24, 2.45) is 0 Å². The third kappa shape index (κ3) is 3.79. The predicted octanol–water partition coefficient (Wildman–Crippen LogP) is 3.25. The first-order valence-corrected chi connectivity index (χ1v) is 7.11. The third-order valence-electron chi connectivity index (χ3n) is 3.55. The molecule has 0 atom stereocenters. The maximum atomic E-state index is 12.3. The molecule has 0 bridgehead atoms. The molecule has 0 aliphatic heterocycles. The van der Waals surface area contributed by atoms with E-state index in [2.05, 4.69) is 18.3 Å². The molecular formula is C18H21NO3. The van der Waals surface area contributed by atoms with Crippen LogP contribution >= 0.6 is 0 Å². The van der Waals surface area contributed by atoms with Gasteiger partial charge in [-0.15, -0.1) is 0 Å². The van der Waals surface area contributed by atoms with Gasteiger partial charge in [-0.1, -0.05) is 23.8 Å². The number of rotatable bonds is 5. The van der Waals surface area contributed by atoms with E-state index in [0.717, 1.165) is 5.56 Å². The van der Waals surface area contributed by atoms with Gasteiger partial charge in [0.2, 0.25) is 0 Å². The van der Waals surface area contributed by atoms with E-state index in [-0.39, 0.29) is 5.91 Å². The fraction of sp³-hybridized carbons (Fsp3) is 0.278. The van der Waals surface area contributed by atoms with Crippen molar-refractivity contribution in [3.8, 4) is 11.5 Å². The average molecular weight is 299 g/mol. The van der Waals surface area contributed by atoms with Gasteiger partial charge in [0.1, 0.15) is 11.5 Å². The molecule has 0 spiro atoms. The first-order chi connectivity index (χ1) is 10.5. The van der Waals surface area contributed by atoms with Gasteiger partial charge in [0.25, 0.3) is 5.91 Å². The second-order valence-electron chi connectivity index (χ2n) is 5.21. The quantitative estimate of drug-likeness (QED) is 0.922. The molecule has 0 aliphatic rings. The van der Waals surface area contributed by atoms with E-state index in [0.29, 0.717) is 23.6 Å². The van der Waals surface area contributed by atoms with E-state index in [9.17, 15) is 4.79 Å². The van der Waals surface area contributed by atoms with Gasteiger partial charge in [-0.25, -0.2) is 0 Å². The van der Waals surface area contributed by atoms with Gasteiger partial charge in [0.15, 0.2) is 0 Å². The Morgan fingerprint density at radius 1 is 1.00 bits per heavy atom. The zero-order valence-corrected chi connectivity index (χ0v) is 13.4. The molecule has 0 saturated heterocycles. The lowest BCUT2D eigenvalue weighted by Crippen LogP contribution is -2.23. The molecule has 0 radical (unpaired) electrons. The molecule has 1 N–H and O–H groups in total. The van der Waals surface area contributed by atoms with E-state index < -0.39 is 0 Å². The van der Waals surface area contributed by atoms with Gasteiger partial charge in [-0.3, -0.25) is 4.79 Å². The molecule has 22 heavy (non-hydrogen) atoms. The Morgan fingerprint density at radius 2 is 1.64 bits per heavy atom. The number of ether oxygens (including phenoxy) is 2. The number of hydrogen-bond acceptors (Lipinski definition) is 3. The van der Waals surface area contributed by atoms with Crippen molar-refractivity contribution in [3.63, 3.8) is 0 Å². The molecule has 4 heteroatoms. The van der Waals surface area contributed by atoms with Crippen molar-refractivity contribution >= 4 is 5.91 Å². The molecule has 2 rings (SSSR count). The number of amides is 1. The maximum absolute atomic E-state index is 12.3. The molecule has 0 fully saturated rings. The highest BCUT2D eigenvalue weighted by Gasteiger charge is 2.10. The summed E-state index contributed by atoms with van der Waals surface area (Å²) in [4.78, 5) is 12.3. The summed E-state index contributed by atoms with van der Waals surface area (Å²) in [6, 6.07) is 11.3. The summed E-state index contributed by atoms with van der Waals surface area (Å²) in [5.74, 6) is 1.03. The normalized spacial score (nSPS) is 10.2. The molecule has 1 amide bonds. The standard InChI is InChI=1S/C18H21NO3/c1-12-5-6-14(13(2)7-12)11-19-18(20)15-8-16(21-3)10-17(9-15)22-4/h5-10H,11H2,1-4H3,(H,19,20). The average Bonchev–Trinajstić information content (AvgIpc) is 2.53. The first-order valence-electron chi connectivity index (χ1n) is 7.11. The Bertz CT molecular complexity index is 658. The largest absolute Gasteiger partial charge is 0.497 e. The summed E-state index contributed by atoms with van der Waals surface area (Å²) >= 11 is 0. The first kappa shape index (κ1) is 15.9. The van der Waals surface area contributed by atoms with Crippen LogP contribution in [0.2, 0.25) is 0 Å². The van der Waals surface area contributed by atoms with Gasteiger partial charge in [0, 0.05) is 18.2 Å². The van der Waals surface area contributed by atoms with Crippen LogP contribution in [0.15, 0.2) is 36.4 Å². The Kier molecular flexibility index (Phi) is 5.04. The van der Waals surface area contributed by atoms with Gasteiger partial charge < -0.3 is 14.8 Å².